The number of hydrogen-bond donors (Lipinski definition) is 2. The quantitative estimate of drug-likeness (QED) is 0.822. The highest BCUT2D eigenvalue weighted by Crippen LogP contribution is 2.38. The largest absolute Gasteiger partial charge is 0.493 e. The fraction of sp³-hybridized carbons (Fsp3) is 0.545. The number of sulfonamides is 1. The summed E-state index contributed by atoms with van der Waals surface area (Å²) in [7, 11) is -2.01. The SMILES string of the molecule is COc1cccnc1NCC1(S(N)(=O)=O)CCC1. The molecule has 0 radical (unpaired) electrons. The molecule has 1 aromatic rings. The molecule has 0 amide bonds. The number of nitrogens with two attached hydrogens (primary N) is 1. The Bertz CT molecular complexity index is 526. The molecule has 2 rings (SSSR count). The van der Waals surface area contributed by atoms with Gasteiger partial charge in [-0.05, 0) is 25.0 Å². The summed E-state index contributed by atoms with van der Waals surface area (Å²) < 4.78 is 27.5. The second-order valence-electron chi connectivity index (χ2n) is 4.49. The van der Waals surface area contributed by atoms with Gasteiger partial charge in [-0.1, -0.05) is 6.42 Å². The lowest BCUT2D eigenvalue weighted by Gasteiger charge is -2.39. The molecule has 0 atom stereocenters. The van der Waals surface area contributed by atoms with Crippen LogP contribution in [0.3, 0.4) is 0 Å². The fourth-order valence-corrected chi connectivity index (χ4v) is 3.20. The van der Waals surface area contributed by atoms with Gasteiger partial charge in [-0.2, -0.15) is 0 Å². The molecule has 100 valence electrons. The van der Waals surface area contributed by atoms with Gasteiger partial charge in [0.2, 0.25) is 10.0 Å². The van der Waals surface area contributed by atoms with Crippen LogP contribution in [0.25, 0.3) is 0 Å². The van der Waals surface area contributed by atoms with Crippen LogP contribution in [0.15, 0.2) is 18.3 Å². The molecule has 3 N–H and O–H groups in total. The molecule has 0 spiro atoms. The smallest absolute Gasteiger partial charge is 0.216 e. The number of anilines is 1. The summed E-state index contributed by atoms with van der Waals surface area (Å²) in [6.07, 6.45) is 3.69. The first-order valence-corrected chi connectivity index (χ1v) is 7.28. The van der Waals surface area contributed by atoms with Crippen LogP contribution in [-0.2, 0) is 10.0 Å². The Hall–Kier alpha value is -1.34. The van der Waals surface area contributed by atoms with Crippen LogP contribution in [0.2, 0.25) is 0 Å². The van der Waals surface area contributed by atoms with Crippen molar-refractivity contribution in [3.63, 3.8) is 0 Å². The third kappa shape index (κ3) is 2.28. The Labute approximate surface area is 107 Å². The number of nitrogens with one attached hydrogen (secondary N) is 1. The third-order valence-electron chi connectivity index (χ3n) is 3.44. The third-order valence-corrected chi connectivity index (χ3v) is 5.20. The fourth-order valence-electron chi connectivity index (χ4n) is 2.07. The van der Waals surface area contributed by atoms with Crippen LogP contribution in [0.5, 0.6) is 5.75 Å². The molecule has 7 heteroatoms. The Balaban J connectivity index is 2.12. The lowest BCUT2D eigenvalue weighted by molar-refractivity contribution is 0.350. The van der Waals surface area contributed by atoms with Crippen molar-refractivity contribution in [2.24, 2.45) is 5.14 Å². The molecular weight excluding hydrogens is 254 g/mol. The van der Waals surface area contributed by atoms with Crippen molar-refractivity contribution < 1.29 is 13.2 Å². The maximum absolute atomic E-state index is 11.6. The minimum atomic E-state index is -3.55. The molecule has 0 unspecified atom stereocenters. The maximum atomic E-state index is 11.6. The van der Waals surface area contributed by atoms with E-state index in [2.05, 4.69) is 10.3 Å². The zero-order valence-electron chi connectivity index (χ0n) is 10.2. The Morgan fingerprint density at radius 2 is 2.28 bits per heavy atom. The van der Waals surface area contributed by atoms with Crippen molar-refractivity contribution in [3.05, 3.63) is 18.3 Å². The number of aromatic nitrogens is 1. The molecule has 1 aliphatic carbocycles. The molecule has 1 heterocycles. The number of primary sulfonamides is 1. The van der Waals surface area contributed by atoms with E-state index < -0.39 is 14.8 Å². The molecule has 1 aromatic heterocycles. The van der Waals surface area contributed by atoms with Gasteiger partial charge in [0.15, 0.2) is 11.6 Å². The van der Waals surface area contributed by atoms with Crippen molar-refractivity contribution in [2.75, 3.05) is 19.0 Å². The van der Waals surface area contributed by atoms with E-state index in [0.29, 0.717) is 24.4 Å². The van der Waals surface area contributed by atoms with E-state index in [-0.39, 0.29) is 6.54 Å². The summed E-state index contributed by atoms with van der Waals surface area (Å²) in [4.78, 5) is 4.12. The molecule has 0 aromatic carbocycles. The predicted molar refractivity (Wildman–Crippen MR) is 69.0 cm³/mol. The average molecular weight is 271 g/mol. The first-order chi connectivity index (χ1) is 8.48. The molecule has 18 heavy (non-hydrogen) atoms. The molecule has 1 saturated carbocycles. The molecule has 6 nitrogen and oxygen atoms in total. The van der Waals surface area contributed by atoms with Gasteiger partial charge in [0.25, 0.3) is 0 Å². The van der Waals surface area contributed by atoms with Crippen molar-refractivity contribution in [1.82, 2.24) is 4.98 Å². The molecule has 0 saturated heterocycles. The number of methoxy groups -OCH3 is 1. The van der Waals surface area contributed by atoms with E-state index in [4.69, 9.17) is 9.88 Å². The maximum Gasteiger partial charge on any atom is 0.216 e. The van der Waals surface area contributed by atoms with Gasteiger partial charge in [0.1, 0.15) is 4.75 Å². The van der Waals surface area contributed by atoms with Crippen LogP contribution in [0, 0.1) is 0 Å². The second kappa shape index (κ2) is 4.74. The highest BCUT2D eigenvalue weighted by atomic mass is 32.2. The summed E-state index contributed by atoms with van der Waals surface area (Å²) in [6.45, 7) is 0.263. The van der Waals surface area contributed by atoms with Crippen LogP contribution < -0.4 is 15.2 Å². The van der Waals surface area contributed by atoms with Crippen LogP contribution >= 0.6 is 0 Å². The summed E-state index contributed by atoms with van der Waals surface area (Å²) in [5.74, 6) is 1.12. The number of ether oxygens (including phenoxy) is 1. The first-order valence-electron chi connectivity index (χ1n) is 5.74. The van der Waals surface area contributed by atoms with Crippen molar-refractivity contribution in [1.29, 1.82) is 0 Å². The second-order valence-corrected chi connectivity index (χ2v) is 6.45. The lowest BCUT2D eigenvalue weighted by Crippen LogP contribution is -2.53. The molecule has 0 bridgehead atoms. The van der Waals surface area contributed by atoms with E-state index in [0.717, 1.165) is 6.42 Å². The minimum absolute atomic E-state index is 0.263. The van der Waals surface area contributed by atoms with Crippen molar-refractivity contribution in [2.45, 2.75) is 24.0 Å². The Morgan fingerprint density at radius 3 is 2.78 bits per heavy atom. The summed E-state index contributed by atoms with van der Waals surface area (Å²) >= 11 is 0. The molecule has 1 aliphatic rings. The number of nitrogens with zero attached hydrogens (tertiary/aromatic N) is 1. The van der Waals surface area contributed by atoms with Gasteiger partial charge < -0.3 is 10.1 Å². The topological polar surface area (TPSA) is 94.3 Å². The standard InChI is InChI=1S/C11H17N3O3S/c1-17-9-4-2-7-13-10(9)14-8-11(5-3-6-11)18(12,15)16/h2,4,7H,3,5-6,8H2,1H3,(H,13,14)(H2,12,15,16). The van der Waals surface area contributed by atoms with Crippen LogP contribution in [0.1, 0.15) is 19.3 Å². The Kier molecular flexibility index (Phi) is 3.45. The van der Waals surface area contributed by atoms with Gasteiger partial charge in [-0.15, -0.1) is 0 Å². The van der Waals surface area contributed by atoms with Gasteiger partial charge in [0.05, 0.1) is 7.11 Å². The highest BCUT2D eigenvalue weighted by molar-refractivity contribution is 7.90. The Morgan fingerprint density at radius 1 is 1.56 bits per heavy atom. The van der Waals surface area contributed by atoms with E-state index in [9.17, 15) is 8.42 Å². The summed E-state index contributed by atoms with van der Waals surface area (Å²) in [5, 5.41) is 8.31. The van der Waals surface area contributed by atoms with E-state index in [1.165, 1.54) is 0 Å². The first kappa shape index (κ1) is 13.1. The van der Waals surface area contributed by atoms with E-state index in [1.54, 1.807) is 25.4 Å². The van der Waals surface area contributed by atoms with Crippen molar-refractivity contribution in [3.8, 4) is 5.75 Å². The number of hydrogen-bond acceptors (Lipinski definition) is 5. The molecular formula is C11H17N3O3S. The molecule has 0 aliphatic heterocycles. The normalized spacial score (nSPS) is 17.9. The van der Waals surface area contributed by atoms with Crippen LogP contribution in [-0.4, -0.2) is 31.8 Å². The minimum Gasteiger partial charge on any atom is -0.493 e. The zero-order valence-corrected chi connectivity index (χ0v) is 11.0. The zero-order chi connectivity index (χ0) is 13.2. The van der Waals surface area contributed by atoms with E-state index in [1.807, 2.05) is 0 Å². The van der Waals surface area contributed by atoms with Gasteiger partial charge in [-0.25, -0.2) is 18.5 Å². The lowest BCUT2D eigenvalue weighted by atomic mass is 9.84. The van der Waals surface area contributed by atoms with Gasteiger partial charge in [0, 0.05) is 12.7 Å². The number of pyridine rings is 1. The summed E-state index contributed by atoms with van der Waals surface area (Å²) in [6, 6.07) is 3.52. The summed E-state index contributed by atoms with van der Waals surface area (Å²) in [5.41, 5.74) is 0. The monoisotopic (exact) mass is 271 g/mol. The molecule has 1 fully saturated rings. The van der Waals surface area contributed by atoms with E-state index >= 15 is 0 Å². The van der Waals surface area contributed by atoms with Gasteiger partial charge in [-0.3, -0.25) is 0 Å². The number of rotatable bonds is 5. The van der Waals surface area contributed by atoms with Crippen molar-refractivity contribution >= 4 is 15.8 Å². The average Bonchev–Trinajstić information content (AvgIpc) is 2.26. The van der Waals surface area contributed by atoms with Crippen LogP contribution in [0.4, 0.5) is 5.82 Å². The highest BCUT2D eigenvalue weighted by Gasteiger charge is 2.47. The predicted octanol–water partition coefficient (Wildman–Crippen LogP) is 0.713. The van der Waals surface area contributed by atoms with Gasteiger partial charge >= 0.3 is 0 Å².